The predicted molar refractivity (Wildman–Crippen MR) is 56.3 cm³/mol. The van der Waals surface area contributed by atoms with E-state index < -0.39 is 0 Å². The zero-order valence-corrected chi connectivity index (χ0v) is 8.86. The number of hydrogen-bond donors (Lipinski definition) is 0. The van der Waals surface area contributed by atoms with Gasteiger partial charge in [0.2, 0.25) is 0 Å². The fraction of sp³-hybridized carbons (Fsp3) is 0.455. The standard InChI is InChI=1S/C11H14OS/c1-9-3-5-10(6-4-9)13-8-11(2)7-12-11/h3-6H,7-8H2,1-2H3. The molecule has 0 saturated carbocycles. The maximum absolute atomic E-state index is 5.32. The second kappa shape index (κ2) is 3.35. The SMILES string of the molecule is Cc1ccc(SCC2(C)CO2)cc1. The van der Waals surface area contributed by atoms with E-state index in [4.69, 9.17) is 4.74 Å². The van der Waals surface area contributed by atoms with Crippen LogP contribution in [0, 0.1) is 6.92 Å². The van der Waals surface area contributed by atoms with Crippen molar-refractivity contribution in [2.24, 2.45) is 0 Å². The van der Waals surface area contributed by atoms with Crippen LogP contribution in [-0.2, 0) is 4.74 Å². The fourth-order valence-electron chi connectivity index (χ4n) is 1.08. The van der Waals surface area contributed by atoms with E-state index in [1.165, 1.54) is 10.5 Å². The first kappa shape index (κ1) is 9.10. The van der Waals surface area contributed by atoms with Gasteiger partial charge in [-0.3, -0.25) is 0 Å². The summed E-state index contributed by atoms with van der Waals surface area (Å²) < 4.78 is 5.32. The largest absolute Gasteiger partial charge is 0.369 e. The van der Waals surface area contributed by atoms with Crippen LogP contribution in [0.15, 0.2) is 29.2 Å². The predicted octanol–water partition coefficient (Wildman–Crippen LogP) is 2.88. The topological polar surface area (TPSA) is 12.5 Å². The lowest BCUT2D eigenvalue weighted by Gasteiger charge is -2.04. The molecule has 2 rings (SSSR count). The summed E-state index contributed by atoms with van der Waals surface area (Å²) in [4.78, 5) is 1.34. The Morgan fingerprint density at radius 1 is 1.38 bits per heavy atom. The average molecular weight is 194 g/mol. The van der Waals surface area contributed by atoms with Gasteiger partial charge in [0.05, 0.1) is 12.2 Å². The van der Waals surface area contributed by atoms with Crippen molar-refractivity contribution in [2.75, 3.05) is 12.4 Å². The van der Waals surface area contributed by atoms with Crippen molar-refractivity contribution < 1.29 is 4.74 Å². The molecule has 0 aliphatic carbocycles. The maximum Gasteiger partial charge on any atom is 0.0981 e. The molecule has 1 heterocycles. The van der Waals surface area contributed by atoms with Crippen LogP contribution in [0.4, 0.5) is 0 Å². The van der Waals surface area contributed by atoms with E-state index in [0.717, 1.165) is 12.4 Å². The van der Waals surface area contributed by atoms with Crippen molar-refractivity contribution in [3.63, 3.8) is 0 Å². The van der Waals surface area contributed by atoms with Crippen molar-refractivity contribution >= 4 is 11.8 Å². The van der Waals surface area contributed by atoms with Gasteiger partial charge in [0.1, 0.15) is 0 Å². The minimum absolute atomic E-state index is 0.162. The third kappa shape index (κ3) is 2.48. The summed E-state index contributed by atoms with van der Waals surface area (Å²) in [6.45, 7) is 5.19. The minimum Gasteiger partial charge on any atom is -0.369 e. The fourth-order valence-corrected chi connectivity index (χ4v) is 2.04. The molecule has 13 heavy (non-hydrogen) atoms. The minimum atomic E-state index is 0.162. The zero-order valence-electron chi connectivity index (χ0n) is 8.04. The van der Waals surface area contributed by atoms with Crippen LogP contribution in [0.2, 0.25) is 0 Å². The van der Waals surface area contributed by atoms with Crippen molar-refractivity contribution in [2.45, 2.75) is 24.3 Å². The number of aryl methyl sites for hydroxylation is 1. The summed E-state index contributed by atoms with van der Waals surface area (Å²) in [5, 5.41) is 0. The van der Waals surface area contributed by atoms with Crippen molar-refractivity contribution in [1.82, 2.24) is 0 Å². The molecule has 0 spiro atoms. The van der Waals surface area contributed by atoms with Crippen LogP contribution < -0.4 is 0 Å². The van der Waals surface area contributed by atoms with Crippen LogP contribution >= 0.6 is 11.8 Å². The van der Waals surface area contributed by atoms with Crippen LogP contribution in [0.25, 0.3) is 0 Å². The second-order valence-corrected chi connectivity index (χ2v) is 4.89. The highest BCUT2D eigenvalue weighted by molar-refractivity contribution is 7.99. The van der Waals surface area contributed by atoms with E-state index in [-0.39, 0.29) is 5.60 Å². The van der Waals surface area contributed by atoms with E-state index in [0.29, 0.717) is 0 Å². The van der Waals surface area contributed by atoms with Crippen molar-refractivity contribution in [3.05, 3.63) is 29.8 Å². The molecule has 0 N–H and O–H groups in total. The van der Waals surface area contributed by atoms with E-state index in [9.17, 15) is 0 Å². The molecular weight excluding hydrogens is 180 g/mol. The van der Waals surface area contributed by atoms with Gasteiger partial charge in [-0.1, -0.05) is 17.7 Å². The first-order valence-corrected chi connectivity index (χ1v) is 5.50. The Hall–Kier alpha value is -0.470. The number of benzene rings is 1. The van der Waals surface area contributed by atoms with E-state index >= 15 is 0 Å². The Bertz CT molecular complexity index is 287. The van der Waals surface area contributed by atoms with E-state index in [2.05, 4.69) is 38.1 Å². The number of ether oxygens (including phenoxy) is 1. The molecule has 0 amide bonds. The van der Waals surface area contributed by atoms with Crippen LogP contribution in [0.5, 0.6) is 0 Å². The molecule has 1 aromatic rings. The highest BCUT2D eigenvalue weighted by Gasteiger charge is 2.38. The van der Waals surface area contributed by atoms with Gasteiger partial charge in [0.15, 0.2) is 0 Å². The van der Waals surface area contributed by atoms with Gasteiger partial charge in [-0.15, -0.1) is 11.8 Å². The molecule has 2 heteroatoms. The number of hydrogen-bond acceptors (Lipinski definition) is 2. The van der Waals surface area contributed by atoms with Gasteiger partial charge in [0.25, 0.3) is 0 Å². The van der Waals surface area contributed by atoms with Gasteiger partial charge in [-0.25, -0.2) is 0 Å². The van der Waals surface area contributed by atoms with Gasteiger partial charge in [0, 0.05) is 10.6 Å². The van der Waals surface area contributed by atoms with Crippen LogP contribution in [0.1, 0.15) is 12.5 Å². The van der Waals surface area contributed by atoms with Crippen molar-refractivity contribution in [1.29, 1.82) is 0 Å². The second-order valence-electron chi connectivity index (χ2n) is 3.84. The first-order chi connectivity index (χ1) is 6.18. The summed E-state index contributed by atoms with van der Waals surface area (Å²) in [7, 11) is 0. The van der Waals surface area contributed by atoms with Crippen LogP contribution in [0.3, 0.4) is 0 Å². The van der Waals surface area contributed by atoms with Gasteiger partial charge < -0.3 is 4.74 Å². The summed E-state index contributed by atoms with van der Waals surface area (Å²) in [5.41, 5.74) is 1.48. The Labute approximate surface area is 83.5 Å². The van der Waals surface area contributed by atoms with E-state index in [1.807, 2.05) is 11.8 Å². The molecule has 1 aliphatic rings. The third-order valence-electron chi connectivity index (χ3n) is 2.20. The van der Waals surface area contributed by atoms with E-state index in [1.54, 1.807) is 0 Å². The highest BCUT2D eigenvalue weighted by atomic mass is 32.2. The lowest BCUT2D eigenvalue weighted by molar-refractivity contribution is 0.348. The molecule has 1 fully saturated rings. The maximum atomic E-state index is 5.32. The third-order valence-corrected chi connectivity index (χ3v) is 3.56. The summed E-state index contributed by atoms with van der Waals surface area (Å²) in [5.74, 6) is 1.07. The zero-order chi connectivity index (χ0) is 9.31. The molecule has 1 saturated heterocycles. The lowest BCUT2D eigenvalue weighted by Crippen LogP contribution is -2.07. The summed E-state index contributed by atoms with van der Waals surface area (Å²) in [6, 6.07) is 8.65. The molecule has 0 radical (unpaired) electrons. The Kier molecular flexibility index (Phi) is 2.35. The monoisotopic (exact) mass is 194 g/mol. The Balaban J connectivity index is 1.91. The van der Waals surface area contributed by atoms with Gasteiger partial charge in [-0.05, 0) is 26.0 Å². The molecule has 1 aromatic carbocycles. The number of epoxide rings is 1. The molecule has 1 nitrogen and oxygen atoms in total. The highest BCUT2D eigenvalue weighted by Crippen LogP contribution is 2.33. The molecule has 0 aromatic heterocycles. The smallest absolute Gasteiger partial charge is 0.0981 e. The quantitative estimate of drug-likeness (QED) is 0.542. The normalized spacial score (nSPS) is 26.0. The number of rotatable bonds is 3. The molecule has 1 atom stereocenters. The lowest BCUT2D eigenvalue weighted by atomic mass is 10.2. The number of thioether (sulfide) groups is 1. The summed E-state index contributed by atoms with van der Waals surface area (Å²) in [6.07, 6.45) is 0. The van der Waals surface area contributed by atoms with Gasteiger partial charge >= 0.3 is 0 Å². The molecular formula is C11H14OS. The van der Waals surface area contributed by atoms with Crippen LogP contribution in [-0.4, -0.2) is 18.0 Å². The Morgan fingerprint density at radius 3 is 2.54 bits per heavy atom. The van der Waals surface area contributed by atoms with Crippen molar-refractivity contribution in [3.8, 4) is 0 Å². The molecule has 70 valence electrons. The molecule has 1 unspecified atom stereocenters. The first-order valence-electron chi connectivity index (χ1n) is 4.51. The van der Waals surface area contributed by atoms with Gasteiger partial charge in [-0.2, -0.15) is 0 Å². The summed E-state index contributed by atoms with van der Waals surface area (Å²) >= 11 is 1.87. The molecule has 1 aliphatic heterocycles. The molecule has 0 bridgehead atoms. The average Bonchev–Trinajstić information content (AvgIpc) is 2.84. The Morgan fingerprint density at radius 2 is 2.00 bits per heavy atom.